The highest BCUT2D eigenvalue weighted by atomic mass is 19.2. The van der Waals surface area contributed by atoms with Crippen molar-refractivity contribution in [3.8, 4) is 11.5 Å². The van der Waals surface area contributed by atoms with Gasteiger partial charge >= 0.3 is 6.03 Å². The van der Waals surface area contributed by atoms with E-state index < -0.39 is 29.6 Å². The van der Waals surface area contributed by atoms with E-state index in [1.165, 1.54) is 20.3 Å². The van der Waals surface area contributed by atoms with Crippen LogP contribution < -0.4 is 25.4 Å². The minimum Gasteiger partial charge on any atom is -0.497 e. The van der Waals surface area contributed by atoms with Crippen molar-refractivity contribution in [3.63, 3.8) is 0 Å². The molecule has 0 aliphatic carbocycles. The van der Waals surface area contributed by atoms with Crippen molar-refractivity contribution < 1.29 is 27.8 Å². The van der Waals surface area contributed by atoms with Gasteiger partial charge in [-0.3, -0.25) is 4.79 Å². The number of methoxy groups -OCH3 is 2. The number of halogens is 2. The van der Waals surface area contributed by atoms with E-state index in [9.17, 15) is 18.4 Å². The molecule has 29 heavy (non-hydrogen) atoms. The number of urea groups is 1. The quantitative estimate of drug-likeness (QED) is 0.715. The van der Waals surface area contributed by atoms with Gasteiger partial charge in [0.05, 0.1) is 25.8 Å². The maximum Gasteiger partial charge on any atom is 0.319 e. The largest absolute Gasteiger partial charge is 0.497 e. The number of rotatable bonds is 5. The Morgan fingerprint density at radius 2 is 1.83 bits per heavy atom. The number of allylic oxidation sites excluding steroid dienone is 1. The summed E-state index contributed by atoms with van der Waals surface area (Å²) >= 11 is 0. The van der Waals surface area contributed by atoms with E-state index in [0.29, 0.717) is 22.8 Å². The number of benzene rings is 2. The molecule has 0 fully saturated rings. The lowest BCUT2D eigenvalue weighted by atomic mass is 9.94. The second kappa shape index (κ2) is 8.17. The maximum absolute atomic E-state index is 13.5. The second-order valence-electron chi connectivity index (χ2n) is 6.26. The van der Waals surface area contributed by atoms with Gasteiger partial charge in [0.25, 0.3) is 5.91 Å². The Balaban J connectivity index is 2.00. The van der Waals surface area contributed by atoms with Crippen LogP contribution in [0.25, 0.3) is 0 Å². The molecule has 0 bridgehead atoms. The lowest BCUT2D eigenvalue weighted by molar-refractivity contribution is -0.113. The molecular formula is C20H19F2N3O4. The first-order valence-electron chi connectivity index (χ1n) is 8.60. The van der Waals surface area contributed by atoms with Crippen molar-refractivity contribution in [2.45, 2.75) is 13.0 Å². The third-order valence-electron chi connectivity index (χ3n) is 4.44. The first-order valence-corrected chi connectivity index (χ1v) is 8.60. The lowest BCUT2D eigenvalue weighted by Crippen LogP contribution is -2.46. The molecular weight excluding hydrogens is 384 g/mol. The van der Waals surface area contributed by atoms with Gasteiger partial charge in [0, 0.05) is 29.1 Å². The molecule has 2 aromatic carbocycles. The van der Waals surface area contributed by atoms with Crippen LogP contribution >= 0.6 is 0 Å². The number of anilines is 1. The molecule has 1 aliphatic rings. The Labute approximate surface area is 165 Å². The van der Waals surface area contributed by atoms with Gasteiger partial charge in [-0.2, -0.15) is 0 Å². The predicted octanol–water partition coefficient (Wildman–Crippen LogP) is 3.25. The van der Waals surface area contributed by atoms with E-state index in [1.807, 2.05) is 0 Å². The zero-order chi connectivity index (χ0) is 21.1. The van der Waals surface area contributed by atoms with E-state index in [1.54, 1.807) is 25.1 Å². The van der Waals surface area contributed by atoms with Crippen LogP contribution in [0.4, 0.5) is 19.3 Å². The van der Waals surface area contributed by atoms with Crippen molar-refractivity contribution in [2.24, 2.45) is 0 Å². The fraction of sp³-hybridized carbons (Fsp3) is 0.200. The van der Waals surface area contributed by atoms with Crippen molar-refractivity contribution in [3.05, 3.63) is 64.9 Å². The molecule has 2 aromatic rings. The Morgan fingerprint density at radius 3 is 2.48 bits per heavy atom. The van der Waals surface area contributed by atoms with E-state index in [-0.39, 0.29) is 11.3 Å². The van der Waals surface area contributed by atoms with Crippen LogP contribution in [0, 0.1) is 11.6 Å². The zero-order valence-corrected chi connectivity index (χ0v) is 15.9. The first-order chi connectivity index (χ1) is 13.8. The summed E-state index contributed by atoms with van der Waals surface area (Å²) in [5.74, 6) is -1.76. The van der Waals surface area contributed by atoms with Crippen LogP contribution in [-0.2, 0) is 4.79 Å². The van der Waals surface area contributed by atoms with Crippen molar-refractivity contribution >= 4 is 17.6 Å². The fourth-order valence-corrected chi connectivity index (χ4v) is 3.06. The third-order valence-corrected chi connectivity index (χ3v) is 4.44. The highest BCUT2D eigenvalue weighted by Gasteiger charge is 2.33. The van der Waals surface area contributed by atoms with Gasteiger partial charge in [0.15, 0.2) is 11.6 Å². The molecule has 1 aliphatic heterocycles. The Morgan fingerprint density at radius 1 is 1.07 bits per heavy atom. The summed E-state index contributed by atoms with van der Waals surface area (Å²) in [6.45, 7) is 1.57. The van der Waals surface area contributed by atoms with Crippen LogP contribution in [-0.4, -0.2) is 26.2 Å². The minimum absolute atomic E-state index is 0.0755. The zero-order valence-electron chi connectivity index (χ0n) is 15.9. The molecule has 152 valence electrons. The summed E-state index contributed by atoms with van der Waals surface area (Å²) in [6.07, 6.45) is 0. The van der Waals surface area contributed by atoms with Gasteiger partial charge < -0.3 is 25.4 Å². The maximum atomic E-state index is 13.5. The summed E-state index contributed by atoms with van der Waals surface area (Å²) in [6, 6.07) is 6.67. The third kappa shape index (κ3) is 4.13. The molecule has 3 N–H and O–H groups in total. The Kier molecular flexibility index (Phi) is 5.67. The fourth-order valence-electron chi connectivity index (χ4n) is 3.06. The monoisotopic (exact) mass is 403 g/mol. The molecule has 0 saturated heterocycles. The van der Waals surface area contributed by atoms with Crippen LogP contribution in [0.15, 0.2) is 47.7 Å². The number of ether oxygens (including phenoxy) is 2. The number of amides is 3. The lowest BCUT2D eigenvalue weighted by Gasteiger charge is -2.29. The highest BCUT2D eigenvalue weighted by molar-refractivity contribution is 6.06. The van der Waals surface area contributed by atoms with Gasteiger partial charge in [0.2, 0.25) is 0 Å². The molecule has 1 heterocycles. The SMILES string of the molecule is COc1ccc([C@H]2NC(=O)NC(C)=C2C(=O)Nc2ccc(F)c(F)c2)c(OC)c1. The number of carbonyl (C=O) groups is 2. The average molecular weight is 403 g/mol. The van der Waals surface area contributed by atoms with Crippen molar-refractivity contribution in [1.29, 1.82) is 0 Å². The summed E-state index contributed by atoms with van der Waals surface area (Å²) in [4.78, 5) is 25.0. The van der Waals surface area contributed by atoms with E-state index in [0.717, 1.165) is 12.1 Å². The normalized spacial score (nSPS) is 16.0. The van der Waals surface area contributed by atoms with Gasteiger partial charge in [0.1, 0.15) is 11.5 Å². The summed E-state index contributed by atoms with van der Waals surface area (Å²) < 4.78 is 37.2. The Bertz CT molecular complexity index is 1010. The van der Waals surface area contributed by atoms with Crippen LogP contribution in [0.5, 0.6) is 11.5 Å². The summed E-state index contributed by atoms with van der Waals surface area (Å²) in [5, 5.41) is 7.76. The second-order valence-corrected chi connectivity index (χ2v) is 6.26. The number of hydrogen-bond acceptors (Lipinski definition) is 4. The standard InChI is InChI=1S/C20H19F2N3O4/c1-10-17(19(26)24-11-4-7-14(21)15(22)8-11)18(25-20(27)23-10)13-6-5-12(28-2)9-16(13)29-3/h4-9,18H,1-3H3,(H,24,26)(H2,23,25,27)/t18-/m1/s1. The molecule has 0 spiro atoms. The van der Waals surface area contributed by atoms with Gasteiger partial charge in [-0.15, -0.1) is 0 Å². The number of carbonyl (C=O) groups excluding carboxylic acids is 2. The average Bonchev–Trinajstić information content (AvgIpc) is 2.69. The van der Waals surface area contributed by atoms with E-state index >= 15 is 0 Å². The topological polar surface area (TPSA) is 88.7 Å². The molecule has 0 unspecified atom stereocenters. The van der Waals surface area contributed by atoms with Gasteiger partial charge in [-0.25, -0.2) is 13.6 Å². The van der Waals surface area contributed by atoms with Crippen molar-refractivity contribution in [2.75, 3.05) is 19.5 Å². The minimum atomic E-state index is -1.09. The van der Waals surface area contributed by atoms with Crippen molar-refractivity contribution in [1.82, 2.24) is 10.6 Å². The molecule has 0 aromatic heterocycles. The first kappa shape index (κ1) is 20.1. The summed E-state index contributed by atoms with van der Waals surface area (Å²) in [7, 11) is 2.96. The molecule has 3 rings (SSSR count). The molecule has 1 atom stereocenters. The van der Waals surface area contributed by atoms with Gasteiger partial charge in [-0.1, -0.05) is 0 Å². The highest BCUT2D eigenvalue weighted by Crippen LogP contribution is 2.35. The number of nitrogens with one attached hydrogen (secondary N) is 3. The smallest absolute Gasteiger partial charge is 0.319 e. The Hall–Kier alpha value is -3.62. The molecule has 3 amide bonds. The number of hydrogen-bond donors (Lipinski definition) is 3. The van der Waals surface area contributed by atoms with Crippen LogP contribution in [0.1, 0.15) is 18.5 Å². The molecule has 0 saturated carbocycles. The van der Waals surface area contributed by atoms with E-state index in [4.69, 9.17) is 9.47 Å². The molecule has 0 radical (unpaired) electrons. The van der Waals surface area contributed by atoms with Crippen LogP contribution in [0.3, 0.4) is 0 Å². The van der Waals surface area contributed by atoms with Crippen LogP contribution in [0.2, 0.25) is 0 Å². The summed E-state index contributed by atoms with van der Waals surface area (Å²) in [5.41, 5.74) is 1.11. The molecule has 7 nitrogen and oxygen atoms in total. The predicted molar refractivity (Wildman–Crippen MR) is 102 cm³/mol. The molecule has 9 heteroatoms. The van der Waals surface area contributed by atoms with Gasteiger partial charge in [-0.05, 0) is 31.2 Å². The van der Waals surface area contributed by atoms with E-state index in [2.05, 4.69) is 16.0 Å².